The summed E-state index contributed by atoms with van der Waals surface area (Å²) in [5.74, 6) is 0.450. The largest absolute Gasteiger partial charge is 0.394 e. The molecule has 1 aromatic heterocycles. The maximum Gasteiger partial charge on any atom is 0.318 e. The van der Waals surface area contributed by atoms with Gasteiger partial charge in [-0.2, -0.15) is 0 Å². The van der Waals surface area contributed by atoms with E-state index in [1.165, 1.54) is 0 Å². The molecular weight excluding hydrogens is 389 g/mol. The number of rotatable bonds is 5. The van der Waals surface area contributed by atoms with Crippen molar-refractivity contribution < 1.29 is 9.90 Å². The van der Waals surface area contributed by atoms with Crippen molar-refractivity contribution in [2.75, 3.05) is 18.5 Å². The summed E-state index contributed by atoms with van der Waals surface area (Å²) in [6.45, 7) is 3.14. The molecule has 144 valence electrons. The Balaban J connectivity index is 1.62. The first-order valence-electron chi connectivity index (χ1n) is 8.65. The van der Waals surface area contributed by atoms with Crippen molar-refractivity contribution in [3.05, 3.63) is 51.3 Å². The molecule has 1 aliphatic heterocycles. The molecule has 0 fully saturated rings. The molecule has 2 amide bonds. The van der Waals surface area contributed by atoms with Crippen LogP contribution in [-0.4, -0.2) is 45.2 Å². The number of carbonyl (C=O) groups is 1. The van der Waals surface area contributed by atoms with Gasteiger partial charge in [0, 0.05) is 35.4 Å². The van der Waals surface area contributed by atoms with Crippen LogP contribution in [0, 0.1) is 0 Å². The van der Waals surface area contributed by atoms with Gasteiger partial charge in [0.25, 0.3) is 0 Å². The fourth-order valence-electron chi connectivity index (χ4n) is 2.76. The highest BCUT2D eigenvalue weighted by Gasteiger charge is 2.22. The topological polar surface area (TPSA) is 90.4 Å². The molecule has 2 aromatic rings. The summed E-state index contributed by atoms with van der Waals surface area (Å²) in [7, 11) is 0. The number of benzene rings is 1. The lowest BCUT2D eigenvalue weighted by atomic mass is 10.1. The van der Waals surface area contributed by atoms with Gasteiger partial charge in [-0.25, -0.2) is 14.8 Å². The number of hydrogen-bond donors (Lipinski definition) is 3. The van der Waals surface area contributed by atoms with E-state index < -0.39 is 0 Å². The van der Waals surface area contributed by atoms with Crippen molar-refractivity contribution in [1.82, 2.24) is 20.2 Å². The average Bonchev–Trinajstić information content (AvgIpc) is 2.66. The van der Waals surface area contributed by atoms with E-state index in [1.807, 2.05) is 6.92 Å². The normalized spacial score (nSPS) is 14.4. The number of aromatic nitrogens is 2. The van der Waals surface area contributed by atoms with E-state index in [2.05, 4.69) is 20.6 Å². The minimum absolute atomic E-state index is 0.0117. The van der Waals surface area contributed by atoms with Crippen molar-refractivity contribution in [2.24, 2.45) is 0 Å². The molecule has 0 aliphatic carbocycles. The van der Waals surface area contributed by atoms with Crippen LogP contribution in [0.25, 0.3) is 0 Å². The minimum atomic E-state index is -0.177. The Morgan fingerprint density at radius 1 is 1.41 bits per heavy atom. The molecule has 2 heterocycles. The zero-order chi connectivity index (χ0) is 19.4. The fraction of sp³-hybridized carbons (Fsp3) is 0.389. The SMILES string of the molecule is C[C@@H](CO)Nc1ncc2c(n1)CN(C(=O)NCc1ccc(Cl)cc1Cl)CC2. The Bertz CT molecular complexity index is 833. The van der Waals surface area contributed by atoms with Gasteiger partial charge in [0.2, 0.25) is 5.95 Å². The average molecular weight is 410 g/mol. The van der Waals surface area contributed by atoms with Crippen molar-refractivity contribution in [2.45, 2.75) is 32.5 Å². The van der Waals surface area contributed by atoms with E-state index in [4.69, 9.17) is 28.3 Å². The van der Waals surface area contributed by atoms with Crippen LogP contribution in [0.2, 0.25) is 10.0 Å². The van der Waals surface area contributed by atoms with Gasteiger partial charge >= 0.3 is 6.03 Å². The molecule has 3 N–H and O–H groups in total. The third kappa shape index (κ3) is 5.00. The van der Waals surface area contributed by atoms with Crippen LogP contribution in [-0.2, 0) is 19.5 Å². The first kappa shape index (κ1) is 19.7. The van der Waals surface area contributed by atoms with Crippen molar-refractivity contribution in [3.63, 3.8) is 0 Å². The van der Waals surface area contributed by atoms with E-state index in [1.54, 1.807) is 29.3 Å². The molecule has 27 heavy (non-hydrogen) atoms. The van der Waals surface area contributed by atoms with Crippen LogP contribution in [0.3, 0.4) is 0 Å². The maximum absolute atomic E-state index is 12.5. The van der Waals surface area contributed by atoms with Gasteiger partial charge in [0.1, 0.15) is 0 Å². The highest BCUT2D eigenvalue weighted by atomic mass is 35.5. The van der Waals surface area contributed by atoms with Crippen molar-refractivity contribution >= 4 is 35.2 Å². The number of aliphatic hydroxyl groups excluding tert-OH is 1. The zero-order valence-electron chi connectivity index (χ0n) is 14.9. The summed E-state index contributed by atoms with van der Waals surface area (Å²) in [6, 6.07) is 4.87. The standard InChI is InChI=1S/C18H21Cl2N5O2/c1-11(10-26)23-17-21-8-13-4-5-25(9-16(13)24-17)18(27)22-7-12-2-3-14(19)6-15(12)20/h2-3,6,8,11,26H,4-5,7,9-10H2,1H3,(H,22,27)(H,21,23,24)/t11-/m0/s1. The number of nitrogens with zero attached hydrogens (tertiary/aromatic N) is 3. The number of anilines is 1. The Hall–Kier alpha value is -2.09. The molecule has 0 radical (unpaired) electrons. The summed E-state index contributed by atoms with van der Waals surface area (Å²) >= 11 is 12.0. The molecule has 0 unspecified atom stereocenters. The summed E-state index contributed by atoms with van der Waals surface area (Å²) in [4.78, 5) is 23.0. The summed E-state index contributed by atoms with van der Waals surface area (Å²) in [5, 5.41) is 16.1. The molecule has 1 aliphatic rings. The molecule has 3 rings (SSSR count). The van der Waals surface area contributed by atoms with Gasteiger partial charge in [0.15, 0.2) is 0 Å². The van der Waals surface area contributed by atoms with Gasteiger partial charge in [0.05, 0.1) is 18.8 Å². The third-order valence-corrected chi connectivity index (χ3v) is 4.91. The quantitative estimate of drug-likeness (QED) is 0.705. The number of urea groups is 1. The Morgan fingerprint density at radius 2 is 2.22 bits per heavy atom. The molecule has 9 heteroatoms. The Kier molecular flexibility index (Phi) is 6.36. The van der Waals surface area contributed by atoms with Crippen LogP contribution < -0.4 is 10.6 Å². The van der Waals surface area contributed by atoms with E-state index in [0.29, 0.717) is 42.0 Å². The number of aliphatic hydroxyl groups is 1. The molecule has 1 atom stereocenters. The van der Waals surface area contributed by atoms with Crippen LogP contribution in [0.5, 0.6) is 0 Å². The predicted octanol–water partition coefficient (Wildman–Crippen LogP) is 2.84. The number of hydrogen-bond acceptors (Lipinski definition) is 5. The van der Waals surface area contributed by atoms with Gasteiger partial charge in [-0.1, -0.05) is 29.3 Å². The second kappa shape index (κ2) is 8.73. The van der Waals surface area contributed by atoms with Gasteiger partial charge < -0.3 is 20.6 Å². The molecule has 7 nitrogen and oxygen atoms in total. The molecule has 0 bridgehead atoms. The van der Waals surface area contributed by atoms with Gasteiger partial charge in [-0.3, -0.25) is 0 Å². The molecule has 1 aromatic carbocycles. The lowest BCUT2D eigenvalue weighted by Gasteiger charge is -2.28. The van der Waals surface area contributed by atoms with Gasteiger partial charge in [-0.05, 0) is 36.6 Å². The minimum Gasteiger partial charge on any atom is -0.394 e. The molecule has 0 spiro atoms. The lowest BCUT2D eigenvalue weighted by Crippen LogP contribution is -2.43. The number of halogens is 2. The molecule has 0 saturated carbocycles. The van der Waals surface area contributed by atoms with E-state index in [0.717, 1.165) is 16.8 Å². The Morgan fingerprint density at radius 3 is 2.96 bits per heavy atom. The van der Waals surface area contributed by atoms with E-state index in [-0.39, 0.29) is 18.7 Å². The van der Waals surface area contributed by atoms with E-state index >= 15 is 0 Å². The fourth-order valence-corrected chi connectivity index (χ4v) is 3.23. The van der Waals surface area contributed by atoms with Crippen LogP contribution >= 0.6 is 23.2 Å². The molecule has 0 saturated heterocycles. The highest BCUT2D eigenvalue weighted by Crippen LogP contribution is 2.21. The third-order valence-electron chi connectivity index (χ3n) is 4.33. The summed E-state index contributed by atoms with van der Waals surface area (Å²) in [6.07, 6.45) is 2.47. The second-order valence-corrected chi connectivity index (χ2v) is 7.30. The van der Waals surface area contributed by atoms with Crippen LogP contribution in [0.4, 0.5) is 10.7 Å². The Labute approximate surface area is 167 Å². The monoisotopic (exact) mass is 409 g/mol. The highest BCUT2D eigenvalue weighted by molar-refractivity contribution is 6.35. The van der Waals surface area contributed by atoms with Crippen molar-refractivity contribution in [3.8, 4) is 0 Å². The second-order valence-electron chi connectivity index (χ2n) is 6.46. The van der Waals surface area contributed by atoms with Crippen LogP contribution in [0.15, 0.2) is 24.4 Å². The number of carbonyl (C=O) groups excluding carboxylic acids is 1. The van der Waals surface area contributed by atoms with E-state index in [9.17, 15) is 4.79 Å². The first-order chi connectivity index (χ1) is 13.0. The lowest BCUT2D eigenvalue weighted by molar-refractivity contribution is 0.191. The number of fused-ring (bicyclic) bond motifs is 1. The zero-order valence-corrected chi connectivity index (χ0v) is 16.4. The smallest absolute Gasteiger partial charge is 0.318 e. The summed E-state index contributed by atoms with van der Waals surface area (Å²) in [5.41, 5.74) is 2.64. The number of nitrogens with one attached hydrogen (secondary N) is 2. The maximum atomic E-state index is 12.5. The predicted molar refractivity (Wildman–Crippen MR) is 105 cm³/mol. The van der Waals surface area contributed by atoms with Crippen LogP contribution in [0.1, 0.15) is 23.7 Å². The molecular formula is C18H21Cl2N5O2. The van der Waals surface area contributed by atoms with Gasteiger partial charge in [-0.15, -0.1) is 0 Å². The van der Waals surface area contributed by atoms with Crippen molar-refractivity contribution in [1.29, 1.82) is 0 Å². The summed E-state index contributed by atoms with van der Waals surface area (Å²) < 4.78 is 0. The first-order valence-corrected chi connectivity index (χ1v) is 9.40. The number of amides is 2.